The van der Waals surface area contributed by atoms with E-state index in [0.717, 1.165) is 11.3 Å². The summed E-state index contributed by atoms with van der Waals surface area (Å²) >= 11 is 0. The predicted octanol–water partition coefficient (Wildman–Crippen LogP) is 1.82. The number of benzene rings is 1. The Balaban J connectivity index is 2.87. The van der Waals surface area contributed by atoms with Gasteiger partial charge in [0.15, 0.2) is 6.10 Å². The average molecular weight is 250 g/mol. The number of amides is 1. The smallest absolute Gasteiger partial charge is 0.262 e. The fourth-order valence-electron chi connectivity index (χ4n) is 1.71. The third kappa shape index (κ3) is 3.47. The van der Waals surface area contributed by atoms with Gasteiger partial charge in [0.25, 0.3) is 5.91 Å². The van der Waals surface area contributed by atoms with Crippen molar-refractivity contribution in [3.63, 3.8) is 0 Å². The first-order valence-electron chi connectivity index (χ1n) is 6.11. The Morgan fingerprint density at radius 3 is 2.44 bits per heavy atom. The van der Waals surface area contributed by atoms with Gasteiger partial charge in [0.05, 0.1) is 0 Å². The van der Waals surface area contributed by atoms with Crippen LogP contribution < -0.4 is 10.1 Å². The highest BCUT2D eigenvalue weighted by Gasteiger charge is 2.18. The van der Waals surface area contributed by atoms with Crippen LogP contribution in [0.5, 0.6) is 5.75 Å². The molecule has 0 radical (unpaired) electrons. The average Bonchev–Trinajstić information content (AvgIpc) is 2.37. The van der Waals surface area contributed by atoms with Gasteiger partial charge in [-0.2, -0.15) is 0 Å². The molecule has 4 nitrogen and oxygen atoms in total. The Bertz CT molecular complexity index is 405. The van der Waals surface area contributed by atoms with Crippen molar-refractivity contribution in [2.75, 3.05) is 21.1 Å². The molecule has 0 fully saturated rings. The monoisotopic (exact) mass is 250 g/mol. The Morgan fingerprint density at radius 1 is 1.28 bits per heavy atom. The highest BCUT2D eigenvalue weighted by Crippen LogP contribution is 2.25. The maximum absolute atomic E-state index is 11.8. The number of rotatable bonds is 5. The van der Waals surface area contributed by atoms with Gasteiger partial charge in [-0.3, -0.25) is 4.79 Å². The molecule has 0 saturated carbocycles. The second-order valence-electron chi connectivity index (χ2n) is 4.54. The molecule has 0 spiro atoms. The molecule has 1 N–H and O–H groups in total. The summed E-state index contributed by atoms with van der Waals surface area (Å²) in [4.78, 5) is 13.3. The van der Waals surface area contributed by atoms with Crippen molar-refractivity contribution in [1.82, 2.24) is 10.2 Å². The van der Waals surface area contributed by atoms with E-state index in [4.69, 9.17) is 4.74 Å². The summed E-state index contributed by atoms with van der Waals surface area (Å²) in [6.45, 7) is 3.82. The number of nitrogens with one attached hydrogen (secondary N) is 1. The van der Waals surface area contributed by atoms with Crippen LogP contribution >= 0.6 is 0 Å². The van der Waals surface area contributed by atoms with Crippen LogP contribution in [0.15, 0.2) is 24.3 Å². The number of hydrogen-bond donors (Lipinski definition) is 1. The number of para-hydroxylation sites is 1. The van der Waals surface area contributed by atoms with E-state index in [1.165, 1.54) is 4.90 Å². The highest BCUT2D eigenvalue weighted by atomic mass is 16.5. The zero-order valence-electron chi connectivity index (χ0n) is 11.7. The third-order valence-electron chi connectivity index (χ3n) is 2.91. The minimum absolute atomic E-state index is 0.0399. The summed E-state index contributed by atoms with van der Waals surface area (Å²) in [6.07, 6.45) is -0.481. The molecule has 1 aromatic rings. The van der Waals surface area contributed by atoms with Crippen LogP contribution in [0, 0.1) is 0 Å². The summed E-state index contributed by atoms with van der Waals surface area (Å²) in [5.74, 6) is 0.712. The fourth-order valence-corrected chi connectivity index (χ4v) is 1.71. The van der Waals surface area contributed by atoms with E-state index in [1.807, 2.05) is 31.3 Å². The lowest BCUT2D eigenvalue weighted by atomic mass is 10.1. The Morgan fingerprint density at radius 2 is 1.89 bits per heavy atom. The Kier molecular flexibility index (Phi) is 5.16. The highest BCUT2D eigenvalue weighted by molar-refractivity contribution is 5.80. The number of ether oxygens (including phenoxy) is 1. The van der Waals surface area contributed by atoms with Crippen molar-refractivity contribution in [2.24, 2.45) is 0 Å². The lowest BCUT2D eigenvalue weighted by Gasteiger charge is -2.21. The maximum Gasteiger partial charge on any atom is 0.262 e. The number of hydrogen-bond acceptors (Lipinski definition) is 3. The molecule has 0 aliphatic carbocycles. The Hall–Kier alpha value is -1.55. The molecule has 0 heterocycles. The van der Waals surface area contributed by atoms with Crippen LogP contribution in [0.1, 0.15) is 25.5 Å². The third-order valence-corrected chi connectivity index (χ3v) is 2.91. The first-order valence-corrected chi connectivity index (χ1v) is 6.11. The van der Waals surface area contributed by atoms with E-state index in [2.05, 4.69) is 12.2 Å². The molecule has 2 atom stereocenters. The van der Waals surface area contributed by atoms with Crippen LogP contribution in [0.3, 0.4) is 0 Å². The SMILES string of the molecule is CNC(C)c1ccccc1OC(C)C(=O)N(C)C. The van der Waals surface area contributed by atoms with Crippen molar-refractivity contribution < 1.29 is 9.53 Å². The van der Waals surface area contributed by atoms with Gasteiger partial charge < -0.3 is 15.0 Å². The van der Waals surface area contributed by atoms with Crippen LogP contribution in [0.4, 0.5) is 0 Å². The normalized spacial score (nSPS) is 13.8. The van der Waals surface area contributed by atoms with E-state index in [1.54, 1.807) is 21.0 Å². The molecule has 0 aliphatic rings. The summed E-state index contributed by atoms with van der Waals surface area (Å²) in [7, 11) is 5.35. The Labute approximate surface area is 109 Å². The fraction of sp³-hybridized carbons (Fsp3) is 0.500. The zero-order chi connectivity index (χ0) is 13.7. The van der Waals surface area contributed by atoms with Crippen molar-refractivity contribution >= 4 is 5.91 Å². The standard InChI is InChI=1S/C14H22N2O2/c1-10(15-3)12-8-6-7-9-13(12)18-11(2)14(17)16(4)5/h6-11,15H,1-5H3. The van der Waals surface area contributed by atoms with Crippen molar-refractivity contribution in [3.05, 3.63) is 29.8 Å². The van der Waals surface area contributed by atoms with Gasteiger partial charge in [-0.25, -0.2) is 0 Å². The van der Waals surface area contributed by atoms with Gasteiger partial charge in [-0.1, -0.05) is 18.2 Å². The summed E-state index contributed by atoms with van der Waals surface area (Å²) in [6, 6.07) is 7.96. The molecule has 100 valence electrons. The zero-order valence-corrected chi connectivity index (χ0v) is 11.7. The van der Waals surface area contributed by atoms with Crippen molar-refractivity contribution in [1.29, 1.82) is 0 Å². The van der Waals surface area contributed by atoms with Gasteiger partial charge in [0.1, 0.15) is 5.75 Å². The van der Waals surface area contributed by atoms with Crippen molar-refractivity contribution in [3.8, 4) is 5.75 Å². The van der Waals surface area contributed by atoms with Gasteiger partial charge in [-0.05, 0) is 27.0 Å². The molecule has 1 rings (SSSR count). The summed E-state index contributed by atoms with van der Waals surface area (Å²) in [5, 5.41) is 3.17. The van der Waals surface area contributed by atoms with Crippen LogP contribution in [-0.4, -0.2) is 38.1 Å². The molecule has 18 heavy (non-hydrogen) atoms. The molecule has 0 bridgehead atoms. The van der Waals surface area contributed by atoms with Gasteiger partial charge in [0.2, 0.25) is 0 Å². The molecule has 1 aromatic carbocycles. The molecule has 2 unspecified atom stereocenters. The first-order chi connectivity index (χ1) is 8.47. The molecule has 1 amide bonds. The minimum Gasteiger partial charge on any atom is -0.481 e. The van der Waals surface area contributed by atoms with E-state index < -0.39 is 6.10 Å². The van der Waals surface area contributed by atoms with E-state index in [0.29, 0.717) is 0 Å². The van der Waals surface area contributed by atoms with Crippen LogP contribution in [0.2, 0.25) is 0 Å². The minimum atomic E-state index is -0.481. The molecule has 4 heteroatoms. The van der Waals surface area contributed by atoms with E-state index in [9.17, 15) is 4.79 Å². The topological polar surface area (TPSA) is 41.6 Å². The lowest BCUT2D eigenvalue weighted by molar-refractivity contribution is -0.135. The molecular formula is C14H22N2O2. The van der Waals surface area contributed by atoms with E-state index in [-0.39, 0.29) is 11.9 Å². The summed E-state index contributed by atoms with van der Waals surface area (Å²) < 4.78 is 5.76. The molecule has 0 saturated heterocycles. The molecule has 0 aromatic heterocycles. The van der Waals surface area contributed by atoms with Gasteiger partial charge >= 0.3 is 0 Å². The number of nitrogens with zero attached hydrogens (tertiary/aromatic N) is 1. The second kappa shape index (κ2) is 6.40. The van der Waals surface area contributed by atoms with Crippen molar-refractivity contribution in [2.45, 2.75) is 26.0 Å². The van der Waals surface area contributed by atoms with Crippen LogP contribution in [-0.2, 0) is 4.79 Å². The van der Waals surface area contributed by atoms with E-state index >= 15 is 0 Å². The largest absolute Gasteiger partial charge is 0.481 e. The van der Waals surface area contributed by atoms with Gasteiger partial charge in [0, 0.05) is 25.7 Å². The maximum atomic E-state index is 11.8. The number of carbonyl (C=O) groups excluding carboxylic acids is 1. The lowest BCUT2D eigenvalue weighted by Crippen LogP contribution is -2.35. The number of likely N-dealkylation sites (N-methyl/N-ethyl adjacent to an activating group) is 1. The molecule has 0 aliphatic heterocycles. The second-order valence-corrected chi connectivity index (χ2v) is 4.54. The number of carbonyl (C=O) groups is 1. The van der Waals surface area contributed by atoms with Gasteiger partial charge in [-0.15, -0.1) is 0 Å². The predicted molar refractivity (Wildman–Crippen MR) is 72.7 cm³/mol. The van der Waals surface area contributed by atoms with Crippen LogP contribution in [0.25, 0.3) is 0 Å². The first kappa shape index (κ1) is 14.5. The quantitative estimate of drug-likeness (QED) is 0.866. The summed E-state index contributed by atoms with van der Waals surface area (Å²) in [5.41, 5.74) is 1.05. The molecular weight excluding hydrogens is 228 g/mol.